The lowest BCUT2D eigenvalue weighted by Gasteiger charge is -1.98. The molecule has 5 nitrogen and oxygen atoms in total. The van der Waals surface area contributed by atoms with Crippen LogP contribution in [-0.2, 0) is 4.79 Å². The molecule has 0 fully saturated rings. The van der Waals surface area contributed by atoms with Crippen LogP contribution in [0.4, 0.5) is 0 Å². The molecule has 2 atom stereocenters. The van der Waals surface area contributed by atoms with Gasteiger partial charge in [-0.2, -0.15) is 0 Å². The zero-order valence-corrected chi connectivity index (χ0v) is 6.57. The molecule has 0 aromatic rings. The van der Waals surface area contributed by atoms with Crippen molar-refractivity contribution >= 4 is 19.5 Å². The van der Waals surface area contributed by atoms with E-state index in [2.05, 4.69) is 0 Å². The second-order valence-corrected chi connectivity index (χ2v) is 3.31. The van der Waals surface area contributed by atoms with Crippen molar-refractivity contribution < 1.29 is 25.0 Å². The number of hydrogen-bond donors (Lipinski definition) is 3. The monoisotopic (exact) mass is 180 g/mol. The van der Waals surface area contributed by atoms with E-state index >= 15 is 0 Å². The Balaban J connectivity index is 3.78. The van der Waals surface area contributed by atoms with Gasteiger partial charge in [0.2, 0.25) is 0 Å². The lowest BCUT2D eigenvalue weighted by molar-refractivity contribution is -0.155. The van der Waals surface area contributed by atoms with E-state index in [0.717, 1.165) is 5.80 Å². The molecule has 11 heavy (non-hydrogen) atoms. The van der Waals surface area contributed by atoms with E-state index in [9.17, 15) is 9.69 Å². The molecule has 0 saturated carbocycles. The van der Waals surface area contributed by atoms with Crippen molar-refractivity contribution in [1.82, 2.24) is 0 Å². The number of aliphatic hydroxyl groups excluding tert-OH is 2. The third kappa shape index (κ3) is 4.86. The van der Waals surface area contributed by atoms with Crippen molar-refractivity contribution in [3.05, 3.63) is 0 Å². The smallest absolute Gasteiger partial charge is 0.332 e. The minimum atomic E-state index is -1.88. The maximum atomic E-state index is 10.5. The summed E-state index contributed by atoms with van der Waals surface area (Å²) in [5.74, 6) is -0.267. The topological polar surface area (TPSA) is 101 Å². The molecular formula is C5H9O5P. The summed E-state index contributed by atoms with van der Waals surface area (Å²) in [6.45, 7) is 0. The van der Waals surface area contributed by atoms with Crippen molar-refractivity contribution in [2.24, 2.45) is 0 Å². The van der Waals surface area contributed by atoms with Gasteiger partial charge in [-0.3, -0.25) is 0 Å². The quantitative estimate of drug-likeness (QED) is 0.449. The van der Waals surface area contributed by atoms with Crippen molar-refractivity contribution in [3.8, 4) is 0 Å². The summed E-state index contributed by atoms with van der Waals surface area (Å²) in [7, 11) is -1.88. The minimum absolute atomic E-state index is 0.203. The van der Waals surface area contributed by atoms with Crippen molar-refractivity contribution in [2.75, 3.05) is 6.35 Å². The van der Waals surface area contributed by atoms with Gasteiger partial charge in [-0.05, 0) is 0 Å². The van der Waals surface area contributed by atoms with E-state index in [1.165, 1.54) is 0 Å². The Morgan fingerprint density at radius 2 is 2.27 bits per heavy atom. The van der Waals surface area contributed by atoms with E-state index in [0.29, 0.717) is 0 Å². The van der Waals surface area contributed by atoms with Gasteiger partial charge < -0.3 is 20.2 Å². The molecule has 6 heteroatoms. The van der Waals surface area contributed by atoms with Gasteiger partial charge >= 0.3 is 5.97 Å². The Bertz CT molecular complexity index is 166. The number of hydrogen-bond acceptors (Lipinski definition) is 4. The number of carbonyl (C=O) groups is 1. The molecular weight excluding hydrogens is 171 g/mol. The summed E-state index contributed by atoms with van der Waals surface area (Å²) in [5, 5.41) is 25.0. The first-order valence-electron chi connectivity index (χ1n) is 2.86. The van der Waals surface area contributed by atoms with Crippen LogP contribution in [0.3, 0.4) is 0 Å². The highest BCUT2D eigenvalue weighted by Gasteiger charge is 2.12. The Labute approximate surface area is 64.4 Å². The van der Waals surface area contributed by atoms with Gasteiger partial charge in [-0.25, -0.2) is 4.79 Å². The summed E-state index contributed by atoms with van der Waals surface area (Å²) in [6.07, 6.45) is -2.24. The largest absolute Gasteiger partial charge is 0.629 e. The summed E-state index contributed by atoms with van der Waals surface area (Å²) in [4.78, 5) is 20.5. The SMILES string of the molecule is O=C(O)C(O)CC=[P+]([O-])CO. The molecule has 0 amide bonds. The van der Waals surface area contributed by atoms with Gasteiger partial charge in [-0.15, -0.1) is 0 Å². The Kier molecular flexibility index (Phi) is 4.98. The minimum Gasteiger partial charge on any atom is -0.629 e. The van der Waals surface area contributed by atoms with E-state index in [1.807, 2.05) is 0 Å². The van der Waals surface area contributed by atoms with Gasteiger partial charge in [0.05, 0.1) is 13.6 Å². The number of carboxylic acids is 1. The first kappa shape index (κ1) is 10.5. The fraction of sp³-hybridized carbons (Fsp3) is 0.600. The molecule has 0 aliphatic carbocycles. The normalized spacial score (nSPS) is 14.6. The maximum absolute atomic E-state index is 10.5. The van der Waals surface area contributed by atoms with E-state index in [1.54, 1.807) is 0 Å². The van der Waals surface area contributed by atoms with Gasteiger partial charge in [0.25, 0.3) is 0 Å². The molecule has 0 radical (unpaired) electrons. The van der Waals surface area contributed by atoms with Crippen LogP contribution >= 0.6 is 7.77 Å². The predicted molar refractivity (Wildman–Crippen MR) is 38.3 cm³/mol. The van der Waals surface area contributed by atoms with Crippen LogP contribution < -0.4 is 4.89 Å². The number of carboxylic acid groups (broad SMARTS) is 1. The molecule has 0 aromatic carbocycles. The second kappa shape index (κ2) is 5.21. The van der Waals surface area contributed by atoms with Gasteiger partial charge in [0.15, 0.2) is 12.5 Å². The van der Waals surface area contributed by atoms with Crippen molar-refractivity contribution in [2.45, 2.75) is 12.5 Å². The van der Waals surface area contributed by atoms with Crippen LogP contribution in [0.15, 0.2) is 0 Å². The summed E-state index contributed by atoms with van der Waals surface area (Å²) in [6, 6.07) is 0. The van der Waals surface area contributed by atoms with E-state index < -0.39 is 26.2 Å². The Hall–Kier alpha value is -0.480. The third-order valence-corrected chi connectivity index (χ3v) is 1.85. The van der Waals surface area contributed by atoms with Gasteiger partial charge in [0, 0.05) is 6.42 Å². The fourth-order valence-electron chi connectivity index (χ4n) is 0.376. The molecule has 0 spiro atoms. The maximum Gasteiger partial charge on any atom is 0.332 e. The van der Waals surface area contributed by atoms with Crippen LogP contribution in [0.2, 0.25) is 0 Å². The van der Waals surface area contributed by atoms with E-state index in [4.69, 9.17) is 15.3 Å². The molecule has 0 aliphatic heterocycles. The third-order valence-electron chi connectivity index (χ3n) is 0.957. The van der Waals surface area contributed by atoms with Gasteiger partial charge in [0.1, 0.15) is 0 Å². The lowest BCUT2D eigenvalue weighted by atomic mass is 10.3. The van der Waals surface area contributed by atoms with Crippen molar-refractivity contribution in [1.29, 1.82) is 0 Å². The molecule has 0 aliphatic rings. The molecule has 0 aromatic heterocycles. The lowest BCUT2D eigenvalue weighted by Crippen LogP contribution is -2.19. The average molecular weight is 180 g/mol. The first-order valence-corrected chi connectivity index (χ1v) is 4.38. The first-order chi connectivity index (χ1) is 5.07. The summed E-state index contributed by atoms with van der Waals surface area (Å²) < 4.78 is 0. The molecule has 3 N–H and O–H groups in total. The highest BCUT2D eigenvalue weighted by atomic mass is 31.1. The molecule has 64 valence electrons. The summed E-state index contributed by atoms with van der Waals surface area (Å²) in [5.41, 5.74) is 0. The zero-order valence-electron chi connectivity index (χ0n) is 5.67. The highest BCUT2D eigenvalue weighted by Crippen LogP contribution is 2.06. The number of aliphatic hydroxyl groups is 2. The van der Waals surface area contributed by atoms with Crippen LogP contribution in [0.1, 0.15) is 6.42 Å². The number of aliphatic carboxylic acids is 1. The fourth-order valence-corrected chi connectivity index (χ4v) is 0.926. The van der Waals surface area contributed by atoms with Crippen LogP contribution in [0.5, 0.6) is 0 Å². The van der Waals surface area contributed by atoms with Crippen LogP contribution in [0, 0.1) is 0 Å². The predicted octanol–water partition coefficient (Wildman–Crippen LogP) is -1.67. The highest BCUT2D eigenvalue weighted by molar-refractivity contribution is 7.49. The van der Waals surface area contributed by atoms with E-state index in [-0.39, 0.29) is 6.42 Å². The molecule has 0 bridgehead atoms. The molecule has 0 saturated heterocycles. The Morgan fingerprint density at radius 1 is 1.73 bits per heavy atom. The van der Waals surface area contributed by atoms with Gasteiger partial charge in [-0.1, -0.05) is 0 Å². The Morgan fingerprint density at radius 3 is 2.64 bits per heavy atom. The second-order valence-electron chi connectivity index (χ2n) is 1.83. The van der Waals surface area contributed by atoms with Crippen LogP contribution in [0.25, 0.3) is 0 Å². The summed E-state index contributed by atoms with van der Waals surface area (Å²) >= 11 is 0. The number of rotatable bonds is 4. The van der Waals surface area contributed by atoms with Crippen molar-refractivity contribution in [3.63, 3.8) is 0 Å². The molecule has 0 rings (SSSR count). The molecule has 0 heterocycles. The standard InChI is InChI=1S/C5H9O5P/c6-3-11(10)2-1-4(7)5(8)9/h2,4,6-7H,1,3H2,(H,8,9). The average Bonchev–Trinajstić information content (AvgIpc) is 1.99. The zero-order chi connectivity index (χ0) is 8.85. The molecule has 2 unspecified atom stereocenters. The van der Waals surface area contributed by atoms with Crippen LogP contribution in [-0.4, -0.2) is 39.5 Å².